The van der Waals surface area contributed by atoms with E-state index in [1.54, 1.807) is 6.92 Å². The Morgan fingerprint density at radius 2 is 1.62 bits per heavy atom. The van der Waals surface area contributed by atoms with Crippen LogP contribution < -0.4 is 10.6 Å². The van der Waals surface area contributed by atoms with Crippen molar-refractivity contribution in [2.45, 2.75) is 37.8 Å². The minimum Gasteiger partial charge on any atom is -0.480 e. The van der Waals surface area contributed by atoms with Crippen LogP contribution >= 0.6 is 0 Å². The van der Waals surface area contributed by atoms with Crippen molar-refractivity contribution in [1.82, 2.24) is 10.6 Å². The van der Waals surface area contributed by atoms with Crippen LogP contribution in [0.1, 0.15) is 36.8 Å². The molecule has 2 aromatic rings. The van der Waals surface area contributed by atoms with Crippen LogP contribution in [0.5, 0.6) is 0 Å². The molecular formula is C24H28N2O6. The molecule has 8 nitrogen and oxygen atoms in total. The summed E-state index contributed by atoms with van der Waals surface area (Å²) in [6, 6.07) is 15.2. The average Bonchev–Trinajstić information content (AvgIpc) is 3.12. The Bertz CT molecular complexity index is 931. The first kappa shape index (κ1) is 23.3. The summed E-state index contributed by atoms with van der Waals surface area (Å²) in [6.45, 7) is 2.01. The second kappa shape index (κ2) is 10.8. The zero-order valence-electron chi connectivity index (χ0n) is 18.2. The Hall–Kier alpha value is -3.39. The molecule has 0 fully saturated rings. The number of fused-ring (bicyclic) bond motifs is 3. The maximum Gasteiger partial charge on any atom is 0.407 e. The average molecular weight is 440 g/mol. The van der Waals surface area contributed by atoms with Crippen LogP contribution in [0.15, 0.2) is 48.5 Å². The van der Waals surface area contributed by atoms with Crippen molar-refractivity contribution in [1.29, 1.82) is 0 Å². The number of carbonyl (C=O) groups is 3. The van der Waals surface area contributed by atoms with Crippen LogP contribution in [0.4, 0.5) is 4.79 Å². The lowest BCUT2D eigenvalue weighted by molar-refractivity contribution is -0.144. The second-order valence-electron chi connectivity index (χ2n) is 7.57. The number of hydrogen-bond donors (Lipinski definition) is 3. The van der Waals surface area contributed by atoms with E-state index in [-0.39, 0.29) is 31.9 Å². The molecule has 170 valence electrons. The third-order valence-electron chi connectivity index (χ3n) is 5.62. The summed E-state index contributed by atoms with van der Waals surface area (Å²) in [5, 5.41) is 14.1. The molecule has 1 aliphatic carbocycles. The summed E-state index contributed by atoms with van der Waals surface area (Å²) < 4.78 is 10.6. The Morgan fingerprint density at radius 3 is 2.16 bits per heavy atom. The van der Waals surface area contributed by atoms with Gasteiger partial charge in [-0.15, -0.1) is 0 Å². The summed E-state index contributed by atoms with van der Waals surface area (Å²) in [6.07, 6.45) is -1.02. The van der Waals surface area contributed by atoms with Gasteiger partial charge in [0.05, 0.1) is 0 Å². The highest BCUT2D eigenvalue weighted by Gasteiger charge is 2.29. The van der Waals surface area contributed by atoms with Crippen LogP contribution in [0.3, 0.4) is 0 Å². The van der Waals surface area contributed by atoms with Gasteiger partial charge in [-0.2, -0.15) is 0 Å². The first-order valence-corrected chi connectivity index (χ1v) is 10.6. The molecule has 3 rings (SSSR count). The van der Waals surface area contributed by atoms with Gasteiger partial charge in [0.1, 0.15) is 18.8 Å². The van der Waals surface area contributed by atoms with E-state index in [1.807, 2.05) is 36.4 Å². The van der Waals surface area contributed by atoms with Gasteiger partial charge in [0.25, 0.3) is 0 Å². The number of hydrogen-bond acceptors (Lipinski definition) is 5. The quantitative estimate of drug-likeness (QED) is 0.524. The van der Waals surface area contributed by atoms with E-state index in [4.69, 9.17) is 14.6 Å². The van der Waals surface area contributed by atoms with Gasteiger partial charge in [-0.25, -0.2) is 9.59 Å². The Labute approximate surface area is 186 Å². The number of rotatable bonds is 10. The molecule has 2 aromatic carbocycles. The number of carboxylic acids is 1. The highest BCUT2D eigenvalue weighted by molar-refractivity contribution is 5.86. The maximum atomic E-state index is 12.2. The maximum absolute atomic E-state index is 12.2. The standard InChI is InChI=1S/C24H28N2O6/c1-3-20(23(28)29)26-22(27)21(31-2)12-13-25-24(30)32-14-19-17-10-6-4-8-15(17)16-9-5-7-11-18(16)19/h4-11,19-21H,3,12-14H2,1-2H3,(H,25,30)(H,26,27)(H,28,29)/t20-,21?/m0/s1. The minimum atomic E-state index is -1.10. The predicted molar refractivity (Wildman–Crippen MR) is 118 cm³/mol. The molecule has 1 aliphatic rings. The van der Waals surface area contributed by atoms with Gasteiger partial charge in [0.2, 0.25) is 5.91 Å². The zero-order chi connectivity index (χ0) is 23.1. The number of carboxylic acid groups (broad SMARTS) is 1. The number of benzene rings is 2. The van der Waals surface area contributed by atoms with Gasteiger partial charge in [0, 0.05) is 26.0 Å². The first-order valence-electron chi connectivity index (χ1n) is 10.6. The van der Waals surface area contributed by atoms with Crippen molar-refractivity contribution in [3.63, 3.8) is 0 Å². The van der Waals surface area contributed by atoms with Gasteiger partial charge >= 0.3 is 12.1 Å². The van der Waals surface area contributed by atoms with E-state index < -0.39 is 30.1 Å². The smallest absolute Gasteiger partial charge is 0.407 e. The first-order chi connectivity index (χ1) is 15.5. The zero-order valence-corrected chi connectivity index (χ0v) is 18.2. The van der Waals surface area contributed by atoms with E-state index >= 15 is 0 Å². The highest BCUT2D eigenvalue weighted by atomic mass is 16.5. The molecule has 8 heteroatoms. The lowest BCUT2D eigenvalue weighted by Crippen LogP contribution is -2.46. The molecule has 3 N–H and O–H groups in total. The molecule has 0 spiro atoms. The normalized spacial score (nSPS) is 14.1. The van der Waals surface area contributed by atoms with E-state index in [9.17, 15) is 14.4 Å². The van der Waals surface area contributed by atoms with Crippen molar-refractivity contribution in [3.05, 3.63) is 59.7 Å². The number of ether oxygens (including phenoxy) is 2. The molecule has 32 heavy (non-hydrogen) atoms. The Kier molecular flexibility index (Phi) is 7.83. The molecule has 0 saturated heterocycles. The lowest BCUT2D eigenvalue weighted by Gasteiger charge is -2.19. The molecule has 2 amide bonds. The molecule has 0 saturated carbocycles. The van der Waals surface area contributed by atoms with Crippen LogP contribution in [-0.4, -0.2) is 55.5 Å². The van der Waals surface area contributed by atoms with Crippen molar-refractivity contribution in [3.8, 4) is 11.1 Å². The number of methoxy groups -OCH3 is 1. The number of nitrogens with one attached hydrogen (secondary N) is 2. The summed E-state index contributed by atoms with van der Waals surface area (Å²) in [5.74, 6) is -1.67. The molecular weight excluding hydrogens is 412 g/mol. The second-order valence-corrected chi connectivity index (χ2v) is 7.57. The molecule has 0 heterocycles. The van der Waals surface area contributed by atoms with Crippen molar-refractivity contribution < 1.29 is 29.0 Å². The van der Waals surface area contributed by atoms with E-state index in [1.165, 1.54) is 7.11 Å². The lowest BCUT2D eigenvalue weighted by atomic mass is 9.98. The summed E-state index contributed by atoms with van der Waals surface area (Å²) >= 11 is 0. The number of carbonyl (C=O) groups excluding carboxylic acids is 2. The van der Waals surface area contributed by atoms with Crippen molar-refractivity contribution >= 4 is 18.0 Å². The SMILES string of the molecule is CC[C@H](NC(=O)C(CCNC(=O)OCC1c2ccccc2-c2ccccc21)OC)C(=O)O. The molecule has 2 atom stereocenters. The predicted octanol–water partition coefficient (Wildman–Crippen LogP) is 2.91. The topological polar surface area (TPSA) is 114 Å². The van der Waals surface area contributed by atoms with Gasteiger partial charge < -0.3 is 25.2 Å². The molecule has 0 aliphatic heterocycles. The van der Waals surface area contributed by atoms with Crippen molar-refractivity contribution in [2.75, 3.05) is 20.3 Å². The van der Waals surface area contributed by atoms with Gasteiger partial charge in [-0.05, 0) is 28.7 Å². The summed E-state index contributed by atoms with van der Waals surface area (Å²) in [7, 11) is 1.36. The minimum absolute atomic E-state index is 0.0346. The van der Waals surface area contributed by atoms with Crippen LogP contribution in [0.2, 0.25) is 0 Å². The Morgan fingerprint density at radius 1 is 1.03 bits per heavy atom. The molecule has 1 unspecified atom stereocenters. The van der Waals surface area contributed by atoms with Crippen molar-refractivity contribution in [2.24, 2.45) is 0 Å². The fraction of sp³-hybridized carbons (Fsp3) is 0.375. The summed E-state index contributed by atoms with van der Waals surface area (Å²) in [4.78, 5) is 35.5. The van der Waals surface area contributed by atoms with Crippen LogP contribution in [0.25, 0.3) is 11.1 Å². The largest absolute Gasteiger partial charge is 0.480 e. The fourth-order valence-corrected chi connectivity index (χ4v) is 3.91. The van der Waals surface area contributed by atoms with Crippen LogP contribution in [0, 0.1) is 0 Å². The summed E-state index contributed by atoms with van der Waals surface area (Å²) in [5.41, 5.74) is 4.55. The van der Waals surface area contributed by atoms with Gasteiger partial charge in [0.15, 0.2) is 0 Å². The third-order valence-corrected chi connectivity index (χ3v) is 5.62. The highest BCUT2D eigenvalue weighted by Crippen LogP contribution is 2.44. The number of alkyl carbamates (subject to hydrolysis) is 1. The fourth-order valence-electron chi connectivity index (χ4n) is 3.91. The van der Waals surface area contributed by atoms with E-state index in [2.05, 4.69) is 22.8 Å². The Balaban J connectivity index is 1.49. The molecule has 0 bridgehead atoms. The van der Waals surface area contributed by atoms with Gasteiger partial charge in [-0.1, -0.05) is 55.5 Å². The van der Waals surface area contributed by atoms with Crippen LogP contribution in [-0.2, 0) is 19.1 Å². The van der Waals surface area contributed by atoms with Gasteiger partial charge in [-0.3, -0.25) is 4.79 Å². The van der Waals surface area contributed by atoms with E-state index in [0.717, 1.165) is 22.3 Å². The number of amides is 2. The monoisotopic (exact) mass is 440 g/mol. The van der Waals surface area contributed by atoms with E-state index in [0.29, 0.717) is 0 Å². The third kappa shape index (κ3) is 5.26. The molecule has 0 radical (unpaired) electrons. The molecule has 0 aromatic heterocycles. The number of aliphatic carboxylic acids is 1.